The van der Waals surface area contributed by atoms with Crippen molar-refractivity contribution in [2.24, 2.45) is 5.73 Å². The van der Waals surface area contributed by atoms with Crippen LogP contribution in [0.1, 0.15) is 27.5 Å². The number of nitrogens with two attached hydrogens (primary N) is 1. The third-order valence-corrected chi connectivity index (χ3v) is 2.82. The van der Waals surface area contributed by atoms with Gasteiger partial charge in [0.1, 0.15) is 0 Å². The van der Waals surface area contributed by atoms with Crippen LogP contribution in [0.15, 0.2) is 42.5 Å². The second kappa shape index (κ2) is 5.16. The first-order chi connectivity index (χ1) is 8.99. The summed E-state index contributed by atoms with van der Waals surface area (Å²) in [6, 6.07) is 8.73. The summed E-state index contributed by atoms with van der Waals surface area (Å²) in [7, 11) is 0. The first kappa shape index (κ1) is 13.2. The topological polar surface area (TPSA) is 63.3 Å². The molecule has 19 heavy (non-hydrogen) atoms. The predicted octanol–water partition coefficient (Wildman–Crippen LogP) is 2.71. The van der Waals surface area contributed by atoms with Crippen LogP contribution >= 0.6 is 0 Å². The Morgan fingerprint density at radius 2 is 1.58 bits per heavy atom. The van der Waals surface area contributed by atoms with Crippen LogP contribution in [0.3, 0.4) is 0 Å². The Kier molecular flexibility index (Phi) is 3.57. The number of hydrogen-bond donors (Lipinski definition) is 2. The van der Waals surface area contributed by atoms with Crippen molar-refractivity contribution in [3.63, 3.8) is 0 Å². The van der Waals surface area contributed by atoms with Gasteiger partial charge in [-0.15, -0.1) is 0 Å². The molecular weight excluding hydrogens is 252 g/mol. The average Bonchev–Trinajstić information content (AvgIpc) is 2.41. The van der Waals surface area contributed by atoms with Crippen molar-refractivity contribution in [3.05, 3.63) is 70.8 Å². The van der Waals surface area contributed by atoms with Gasteiger partial charge in [0.2, 0.25) is 0 Å². The molecule has 1 unspecified atom stereocenters. The van der Waals surface area contributed by atoms with Crippen molar-refractivity contribution in [2.75, 3.05) is 0 Å². The molecule has 0 saturated heterocycles. The SMILES string of the molecule is NC(c1ccc(C(=O)O)cc1)c1ccc(F)c(F)c1. The molecule has 0 amide bonds. The van der Waals surface area contributed by atoms with Crippen LogP contribution < -0.4 is 5.73 Å². The summed E-state index contributed by atoms with van der Waals surface area (Å²) in [6.45, 7) is 0. The van der Waals surface area contributed by atoms with Crippen LogP contribution in [0, 0.1) is 11.6 Å². The van der Waals surface area contributed by atoms with Crippen molar-refractivity contribution in [3.8, 4) is 0 Å². The van der Waals surface area contributed by atoms with Gasteiger partial charge in [-0.25, -0.2) is 13.6 Å². The summed E-state index contributed by atoms with van der Waals surface area (Å²) < 4.78 is 25.9. The third kappa shape index (κ3) is 2.77. The Labute approximate surface area is 108 Å². The zero-order chi connectivity index (χ0) is 14.0. The molecule has 3 nitrogen and oxygen atoms in total. The maximum absolute atomic E-state index is 13.1. The molecule has 3 N–H and O–H groups in total. The molecule has 0 aliphatic rings. The van der Waals surface area contributed by atoms with Gasteiger partial charge in [-0.1, -0.05) is 18.2 Å². The molecule has 0 aliphatic carbocycles. The Bertz CT molecular complexity index is 611. The number of carboxylic acids is 1. The fourth-order valence-electron chi connectivity index (χ4n) is 1.73. The van der Waals surface area contributed by atoms with Crippen LogP contribution in [0.2, 0.25) is 0 Å². The summed E-state index contributed by atoms with van der Waals surface area (Å²) in [5.41, 5.74) is 7.10. The molecule has 0 radical (unpaired) electrons. The Balaban J connectivity index is 2.30. The number of rotatable bonds is 3. The number of benzene rings is 2. The molecule has 2 rings (SSSR count). The van der Waals surface area contributed by atoms with Gasteiger partial charge in [0.05, 0.1) is 11.6 Å². The zero-order valence-electron chi connectivity index (χ0n) is 9.81. The molecule has 0 aliphatic heterocycles. The fraction of sp³-hybridized carbons (Fsp3) is 0.0714. The highest BCUT2D eigenvalue weighted by atomic mass is 19.2. The molecule has 2 aromatic rings. The van der Waals surface area contributed by atoms with Gasteiger partial charge < -0.3 is 10.8 Å². The number of hydrogen-bond acceptors (Lipinski definition) is 2. The lowest BCUT2D eigenvalue weighted by atomic mass is 9.98. The molecule has 0 fully saturated rings. The second-order valence-corrected chi connectivity index (χ2v) is 4.08. The van der Waals surface area contributed by atoms with Crippen molar-refractivity contribution < 1.29 is 18.7 Å². The van der Waals surface area contributed by atoms with E-state index >= 15 is 0 Å². The van der Waals surface area contributed by atoms with E-state index in [-0.39, 0.29) is 5.56 Å². The first-order valence-electron chi connectivity index (χ1n) is 5.53. The zero-order valence-corrected chi connectivity index (χ0v) is 9.81. The molecule has 0 spiro atoms. The lowest BCUT2D eigenvalue weighted by Crippen LogP contribution is -2.12. The molecule has 5 heteroatoms. The van der Waals surface area contributed by atoms with E-state index in [0.29, 0.717) is 11.1 Å². The molecule has 2 aromatic carbocycles. The third-order valence-electron chi connectivity index (χ3n) is 2.82. The molecule has 0 saturated carbocycles. The summed E-state index contributed by atoms with van der Waals surface area (Å²) >= 11 is 0. The van der Waals surface area contributed by atoms with E-state index in [1.807, 2.05) is 0 Å². The Hall–Kier alpha value is -2.27. The van der Waals surface area contributed by atoms with Gasteiger partial charge in [-0.3, -0.25) is 0 Å². The standard InChI is InChI=1S/C14H11F2NO2/c15-11-6-5-10(7-12(11)16)13(17)8-1-3-9(4-2-8)14(18)19/h1-7,13H,17H2,(H,18,19). The lowest BCUT2D eigenvalue weighted by Gasteiger charge is -2.13. The molecule has 0 bridgehead atoms. The summed E-state index contributed by atoms with van der Waals surface area (Å²) in [5.74, 6) is -2.93. The van der Waals surface area contributed by atoms with E-state index in [1.54, 1.807) is 12.1 Å². The van der Waals surface area contributed by atoms with Crippen molar-refractivity contribution in [1.29, 1.82) is 0 Å². The van der Waals surface area contributed by atoms with Crippen molar-refractivity contribution >= 4 is 5.97 Å². The fourth-order valence-corrected chi connectivity index (χ4v) is 1.73. The first-order valence-corrected chi connectivity index (χ1v) is 5.53. The molecule has 0 aromatic heterocycles. The molecule has 0 heterocycles. The van der Waals surface area contributed by atoms with Gasteiger partial charge in [0.15, 0.2) is 11.6 Å². The van der Waals surface area contributed by atoms with Crippen molar-refractivity contribution in [2.45, 2.75) is 6.04 Å². The minimum Gasteiger partial charge on any atom is -0.478 e. The summed E-state index contributed by atoms with van der Waals surface area (Å²) in [6.07, 6.45) is 0. The maximum Gasteiger partial charge on any atom is 0.335 e. The van der Waals surface area contributed by atoms with Crippen LogP contribution in [0.4, 0.5) is 8.78 Å². The second-order valence-electron chi connectivity index (χ2n) is 4.08. The summed E-state index contributed by atoms with van der Waals surface area (Å²) in [4.78, 5) is 10.7. The summed E-state index contributed by atoms with van der Waals surface area (Å²) in [5, 5.41) is 8.78. The molecule has 98 valence electrons. The molecule has 1 atom stereocenters. The highest BCUT2D eigenvalue weighted by Crippen LogP contribution is 2.21. The van der Waals surface area contributed by atoms with Gasteiger partial charge in [0.25, 0.3) is 0 Å². The highest BCUT2D eigenvalue weighted by Gasteiger charge is 2.12. The van der Waals surface area contributed by atoms with Crippen LogP contribution in [0.5, 0.6) is 0 Å². The van der Waals surface area contributed by atoms with Crippen LogP contribution in [-0.4, -0.2) is 11.1 Å². The largest absolute Gasteiger partial charge is 0.478 e. The maximum atomic E-state index is 13.1. The predicted molar refractivity (Wildman–Crippen MR) is 65.8 cm³/mol. The number of carboxylic acid groups (broad SMARTS) is 1. The average molecular weight is 263 g/mol. The normalized spacial score (nSPS) is 12.2. The van der Waals surface area contributed by atoms with Gasteiger partial charge in [-0.05, 0) is 35.4 Å². The monoisotopic (exact) mass is 263 g/mol. The van der Waals surface area contributed by atoms with E-state index < -0.39 is 23.6 Å². The Morgan fingerprint density at radius 1 is 1.00 bits per heavy atom. The van der Waals surface area contributed by atoms with E-state index in [2.05, 4.69) is 0 Å². The number of carbonyl (C=O) groups is 1. The lowest BCUT2D eigenvalue weighted by molar-refractivity contribution is 0.0697. The van der Waals surface area contributed by atoms with E-state index in [0.717, 1.165) is 12.1 Å². The van der Waals surface area contributed by atoms with E-state index in [4.69, 9.17) is 10.8 Å². The van der Waals surface area contributed by atoms with Gasteiger partial charge in [0, 0.05) is 0 Å². The minimum atomic E-state index is -1.03. The number of halogens is 2. The van der Waals surface area contributed by atoms with Crippen LogP contribution in [0.25, 0.3) is 0 Å². The van der Waals surface area contributed by atoms with E-state index in [1.165, 1.54) is 18.2 Å². The van der Waals surface area contributed by atoms with E-state index in [9.17, 15) is 13.6 Å². The van der Waals surface area contributed by atoms with Gasteiger partial charge in [-0.2, -0.15) is 0 Å². The highest BCUT2D eigenvalue weighted by molar-refractivity contribution is 5.87. The van der Waals surface area contributed by atoms with Crippen LogP contribution in [-0.2, 0) is 0 Å². The number of aromatic carboxylic acids is 1. The smallest absolute Gasteiger partial charge is 0.335 e. The minimum absolute atomic E-state index is 0.140. The molecular formula is C14H11F2NO2. The quantitative estimate of drug-likeness (QED) is 0.894. The Morgan fingerprint density at radius 3 is 2.11 bits per heavy atom. The van der Waals surface area contributed by atoms with Crippen molar-refractivity contribution in [1.82, 2.24) is 0 Å². The van der Waals surface area contributed by atoms with Gasteiger partial charge >= 0.3 is 5.97 Å².